The van der Waals surface area contributed by atoms with Crippen molar-refractivity contribution in [3.63, 3.8) is 0 Å². The fourth-order valence-electron chi connectivity index (χ4n) is 1.68. The van der Waals surface area contributed by atoms with E-state index in [0.29, 0.717) is 30.5 Å². The van der Waals surface area contributed by atoms with Gasteiger partial charge in [-0.05, 0) is 19.4 Å². The standard InChI is InChI=1S/C10H20N2O2S/c1-2-15(14)7-6-12-10(13)8-9-4-3-5-11-9/h9,11H,2-8H2,1H3,(H,12,13). The molecule has 1 amide bonds. The largest absolute Gasteiger partial charge is 0.355 e. The molecular weight excluding hydrogens is 212 g/mol. The Morgan fingerprint density at radius 1 is 1.60 bits per heavy atom. The van der Waals surface area contributed by atoms with Crippen LogP contribution in [-0.2, 0) is 15.6 Å². The van der Waals surface area contributed by atoms with E-state index in [4.69, 9.17) is 0 Å². The Kier molecular flexibility index (Phi) is 5.86. The second kappa shape index (κ2) is 6.95. The van der Waals surface area contributed by atoms with Gasteiger partial charge in [0.15, 0.2) is 0 Å². The number of hydrogen-bond donors (Lipinski definition) is 2. The zero-order chi connectivity index (χ0) is 11.1. The van der Waals surface area contributed by atoms with E-state index in [1.54, 1.807) is 0 Å². The quantitative estimate of drug-likeness (QED) is 0.678. The molecule has 0 radical (unpaired) electrons. The van der Waals surface area contributed by atoms with Crippen molar-refractivity contribution in [2.45, 2.75) is 32.2 Å². The van der Waals surface area contributed by atoms with Crippen molar-refractivity contribution in [3.05, 3.63) is 0 Å². The van der Waals surface area contributed by atoms with E-state index in [1.807, 2.05) is 6.92 Å². The molecule has 1 heterocycles. The Labute approximate surface area is 93.7 Å². The third-order valence-electron chi connectivity index (χ3n) is 2.57. The van der Waals surface area contributed by atoms with Gasteiger partial charge in [0.25, 0.3) is 0 Å². The molecule has 0 aromatic carbocycles. The first-order valence-corrected chi connectivity index (χ1v) is 7.06. The van der Waals surface area contributed by atoms with E-state index in [0.717, 1.165) is 19.4 Å². The molecule has 2 unspecified atom stereocenters. The molecule has 1 saturated heterocycles. The van der Waals surface area contributed by atoms with Crippen LogP contribution < -0.4 is 10.6 Å². The van der Waals surface area contributed by atoms with Crippen molar-refractivity contribution in [1.82, 2.24) is 10.6 Å². The second-order valence-corrected chi connectivity index (χ2v) is 5.65. The number of hydrogen-bond acceptors (Lipinski definition) is 3. The minimum atomic E-state index is -0.778. The van der Waals surface area contributed by atoms with Crippen LogP contribution in [-0.4, -0.2) is 40.8 Å². The second-order valence-electron chi connectivity index (χ2n) is 3.78. The molecular formula is C10H20N2O2S. The van der Waals surface area contributed by atoms with Crippen molar-refractivity contribution in [3.8, 4) is 0 Å². The summed E-state index contributed by atoms with van der Waals surface area (Å²) in [6, 6.07) is 0.349. The van der Waals surface area contributed by atoms with E-state index in [1.165, 1.54) is 0 Å². The molecule has 0 spiro atoms. The molecule has 4 nitrogen and oxygen atoms in total. The lowest BCUT2D eigenvalue weighted by Crippen LogP contribution is -2.33. The van der Waals surface area contributed by atoms with Gasteiger partial charge in [0, 0.05) is 41.3 Å². The summed E-state index contributed by atoms with van der Waals surface area (Å²) in [4.78, 5) is 11.4. The zero-order valence-corrected chi connectivity index (χ0v) is 10.1. The fourth-order valence-corrected chi connectivity index (χ4v) is 2.29. The number of rotatable bonds is 6. The summed E-state index contributed by atoms with van der Waals surface area (Å²) in [7, 11) is -0.778. The van der Waals surface area contributed by atoms with Gasteiger partial charge < -0.3 is 10.6 Å². The van der Waals surface area contributed by atoms with Gasteiger partial charge in [0.2, 0.25) is 5.91 Å². The number of carbonyl (C=O) groups excluding carboxylic acids is 1. The minimum Gasteiger partial charge on any atom is -0.355 e. The lowest BCUT2D eigenvalue weighted by atomic mass is 10.1. The Balaban J connectivity index is 2.05. The molecule has 88 valence electrons. The lowest BCUT2D eigenvalue weighted by molar-refractivity contribution is -0.121. The van der Waals surface area contributed by atoms with E-state index >= 15 is 0 Å². The highest BCUT2D eigenvalue weighted by molar-refractivity contribution is 7.84. The van der Waals surface area contributed by atoms with E-state index in [9.17, 15) is 9.00 Å². The maximum atomic E-state index is 11.4. The molecule has 1 rings (SSSR count). The summed E-state index contributed by atoms with van der Waals surface area (Å²) in [5, 5.41) is 6.08. The lowest BCUT2D eigenvalue weighted by Gasteiger charge is -2.09. The highest BCUT2D eigenvalue weighted by Crippen LogP contribution is 2.07. The molecule has 2 atom stereocenters. The molecule has 5 heteroatoms. The predicted molar refractivity (Wildman–Crippen MR) is 62.2 cm³/mol. The van der Waals surface area contributed by atoms with Crippen molar-refractivity contribution in [2.24, 2.45) is 0 Å². The maximum absolute atomic E-state index is 11.4. The molecule has 0 saturated carbocycles. The number of nitrogens with one attached hydrogen (secondary N) is 2. The summed E-state index contributed by atoms with van der Waals surface area (Å²) in [6.07, 6.45) is 2.81. The number of carbonyl (C=O) groups is 1. The fraction of sp³-hybridized carbons (Fsp3) is 0.900. The zero-order valence-electron chi connectivity index (χ0n) is 9.25. The van der Waals surface area contributed by atoms with Gasteiger partial charge in [-0.3, -0.25) is 9.00 Å². The van der Waals surface area contributed by atoms with Gasteiger partial charge in [-0.25, -0.2) is 0 Å². The normalized spacial score (nSPS) is 22.6. The molecule has 1 fully saturated rings. The molecule has 1 aliphatic rings. The highest BCUT2D eigenvalue weighted by atomic mass is 32.2. The highest BCUT2D eigenvalue weighted by Gasteiger charge is 2.17. The van der Waals surface area contributed by atoms with Crippen molar-refractivity contribution in [1.29, 1.82) is 0 Å². The molecule has 1 aliphatic heterocycles. The van der Waals surface area contributed by atoms with Crippen LogP contribution in [0.15, 0.2) is 0 Å². The summed E-state index contributed by atoms with van der Waals surface area (Å²) >= 11 is 0. The number of amides is 1. The summed E-state index contributed by atoms with van der Waals surface area (Å²) < 4.78 is 11.1. The van der Waals surface area contributed by atoms with Gasteiger partial charge in [-0.1, -0.05) is 6.92 Å². The molecule has 0 aliphatic carbocycles. The summed E-state index contributed by atoms with van der Waals surface area (Å²) in [5.74, 6) is 1.31. The van der Waals surface area contributed by atoms with E-state index in [-0.39, 0.29) is 5.91 Å². The average molecular weight is 232 g/mol. The Bertz CT molecular complexity index is 227. The van der Waals surface area contributed by atoms with Crippen LogP contribution in [0, 0.1) is 0 Å². The van der Waals surface area contributed by atoms with Gasteiger partial charge >= 0.3 is 0 Å². The molecule has 0 aromatic rings. The molecule has 0 aromatic heterocycles. The van der Waals surface area contributed by atoms with Crippen LogP contribution in [0.25, 0.3) is 0 Å². The smallest absolute Gasteiger partial charge is 0.221 e. The van der Waals surface area contributed by atoms with Crippen molar-refractivity contribution >= 4 is 16.7 Å². The SMILES string of the molecule is CCS(=O)CCNC(=O)CC1CCCN1. The third-order valence-corrected chi connectivity index (χ3v) is 3.87. The van der Waals surface area contributed by atoms with Gasteiger partial charge in [-0.2, -0.15) is 0 Å². The Hall–Kier alpha value is -0.420. The maximum Gasteiger partial charge on any atom is 0.221 e. The van der Waals surface area contributed by atoms with Gasteiger partial charge in [-0.15, -0.1) is 0 Å². The summed E-state index contributed by atoms with van der Waals surface area (Å²) in [6.45, 7) is 3.45. The van der Waals surface area contributed by atoms with Gasteiger partial charge in [0.1, 0.15) is 0 Å². The van der Waals surface area contributed by atoms with Crippen LogP contribution in [0.1, 0.15) is 26.2 Å². The Morgan fingerprint density at radius 2 is 2.40 bits per heavy atom. The van der Waals surface area contributed by atoms with Crippen LogP contribution in [0.5, 0.6) is 0 Å². The van der Waals surface area contributed by atoms with Crippen LogP contribution in [0.2, 0.25) is 0 Å². The third kappa shape index (κ3) is 5.28. The molecule has 2 N–H and O–H groups in total. The predicted octanol–water partition coefficient (Wildman–Crippen LogP) is 0.0133. The molecule has 15 heavy (non-hydrogen) atoms. The molecule has 0 bridgehead atoms. The first kappa shape index (κ1) is 12.6. The van der Waals surface area contributed by atoms with Crippen LogP contribution in [0.4, 0.5) is 0 Å². The van der Waals surface area contributed by atoms with Crippen molar-refractivity contribution < 1.29 is 9.00 Å². The topological polar surface area (TPSA) is 58.2 Å². The van der Waals surface area contributed by atoms with Crippen LogP contribution >= 0.6 is 0 Å². The average Bonchev–Trinajstić information content (AvgIpc) is 2.70. The first-order chi connectivity index (χ1) is 7.22. The van der Waals surface area contributed by atoms with Crippen LogP contribution in [0.3, 0.4) is 0 Å². The van der Waals surface area contributed by atoms with Crippen molar-refractivity contribution in [2.75, 3.05) is 24.6 Å². The van der Waals surface area contributed by atoms with E-state index in [2.05, 4.69) is 10.6 Å². The first-order valence-electron chi connectivity index (χ1n) is 5.57. The van der Waals surface area contributed by atoms with Gasteiger partial charge in [0.05, 0.1) is 0 Å². The summed E-state index contributed by atoms with van der Waals surface area (Å²) in [5.41, 5.74) is 0. The minimum absolute atomic E-state index is 0.0718. The Morgan fingerprint density at radius 3 is 3.00 bits per heavy atom. The monoisotopic (exact) mass is 232 g/mol. The van der Waals surface area contributed by atoms with E-state index < -0.39 is 10.8 Å².